The summed E-state index contributed by atoms with van der Waals surface area (Å²) < 4.78 is 4.71. The zero-order chi connectivity index (χ0) is 16.2. The molecule has 0 aliphatic rings. The molecule has 1 aromatic carbocycles. The van der Waals surface area contributed by atoms with Gasteiger partial charge in [-0.2, -0.15) is 5.26 Å². The van der Waals surface area contributed by atoms with Gasteiger partial charge in [-0.3, -0.25) is 9.59 Å². The number of rotatable bonds is 9. The summed E-state index contributed by atoms with van der Waals surface area (Å²) in [6.07, 6.45) is 3.20. The number of nitrogens with zero attached hydrogens (tertiary/aromatic N) is 2. The van der Waals surface area contributed by atoms with Crippen LogP contribution in [0.2, 0.25) is 0 Å². The van der Waals surface area contributed by atoms with E-state index in [0.29, 0.717) is 25.8 Å². The van der Waals surface area contributed by atoms with Crippen LogP contribution in [0.4, 0.5) is 0 Å². The van der Waals surface area contributed by atoms with Gasteiger partial charge in [0.1, 0.15) is 12.6 Å². The number of benzene rings is 1. The molecule has 0 unspecified atom stereocenters. The second-order valence-corrected chi connectivity index (χ2v) is 4.70. The standard InChI is InChI=1S/C17H20N2O3/c1-2-3-9-16(20)19(14-17(21)22-13-11-18)12-10-15-7-5-4-6-8-15/h2,4-8H,1,3,9-10,12-14H2. The first-order valence-corrected chi connectivity index (χ1v) is 7.12. The molecule has 0 saturated carbocycles. The first-order valence-electron chi connectivity index (χ1n) is 7.12. The lowest BCUT2D eigenvalue weighted by molar-refractivity contribution is -0.148. The van der Waals surface area contributed by atoms with Gasteiger partial charge in [0.2, 0.25) is 5.91 Å². The van der Waals surface area contributed by atoms with Crippen LogP contribution >= 0.6 is 0 Å². The SMILES string of the molecule is C=CCCC(=O)N(CCc1ccccc1)CC(=O)OCC#N. The number of esters is 1. The van der Waals surface area contributed by atoms with Crippen LogP contribution in [-0.4, -0.2) is 36.5 Å². The van der Waals surface area contributed by atoms with E-state index >= 15 is 0 Å². The van der Waals surface area contributed by atoms with E-state index in [9.17, 15) is 9.59 Å². The lowest BCUT2D eigenvalue weighted by atomic mass is 10.1. The number of carbonyl (C=O) groups excluding carboxylic acids is 2. The Labute approximate surface area is 130 Å². The maximum Gasteiger partial charge on any atom is 0.326 e. The van der Waals surface area contributed by atoms with Crippen LogP contribution in [0.5, 0.6) is 0 Å². The minimum absolute atomic E-state index is 0.121. The average Bonchev–Trinajstić information content (AvgIpc) is 2.55. The van der Waals surface area contributed by atoms with Gasteiger partial charge in [0.15, 0.2) is 6.61 Å². The van der Waals surface area contributed by atoms with E-state index in [1.807, 2.05) is 30.3 Å². The molecule has 0 aromatic heterocycles. The topological polar surface area (TPSA) is 70.4 Å². The summed E-state index contributed by atoms with van der Waals surface area (Å²) in [6.45, 7) is 3.59. The molecule has 0 fully saturated rings. The third-order valence-corrected chi connectivity index (χ3v) is 3.05. The molecule has 1 rings (SSSR count). The minimum atomic E-state index is -0.568. The molecule has 0 heterocycles. The van der Waals surface area contributed by atoms with E-state index in [0.717, 1.165) is 5.56 Å². The van der Waals surface area contributed by atoms with Gasteiger partial charge in [0.05, 0.1) is 0 Å². The monoisotopic (exact) mass is 300 g/mol. The van der Waals surface area contributed by atoms with Crippen molar-refractivity contribution in [2.45, 2.75) is 19.3 Å². The van der Waals surface area contributed by atoms with E-state index in [2.05, 4.69) is 6.58 Å². The lowest BCUT2D eigenvalue weighted by Crippen LogP contribution is -2.37. The Morgan fingerprint density at radius 2 is 2.05 bits per heavy atom. The number of hydrogen-bond acceptors (Lipinski definition) is 4. The van der Waals surface area contributed by atoms with Gasteiger partial charge in [0, 0.05) is 13.0 Å². The first-order chi connectivity index (χ1) is 10.7. The van der Waals surface area contributed by atoms with Crippen LogP contribution < -0.4 is 0 Å². The Morgan fingerprint density at radius 1 is 1.32 bits per heavy atom. The molecule has 116 valence electrons. The highest BCUT2D eigenvalue weighted by Gasteiger charge is 2.17. The van der Waals surface area contributed by atoms with E-state index < -0.39 is 5.97 Å². The zero-order valence-corrected chi connectivity index (χ0v) is 12.5. The quantitative estimate of drug-likeness (QED) is 0.517. The fourth-order valence-electron chi connectivity index (χ4n) is 1.90. The van der Waals surface area contributed by atoms with Crippen LogP contribution in [0.25, 0.3) is 0 Å². The third kappa shape index (κ3) is 6.71. The summed E-state index contributed by atoms with van der Waals surface area (Å²) in [4.78, 5) is 25.2. The molecule has 0 aliphatic heterocycles. The molecular formula is C17H20N2O3. The van der Waals surface area contributed by atoms with E-state index in [-0.39, 0.29) is 19.1 Å². The molecule has 0 atom stereocenters. The maximum absolute atomic E-state index is 12.1. The van der Waals surface area contributed by atoms with Crippen molar-refractivity contribution >= 4 is 11.9 Å². The normalized spacial score (nSPS) is 9.59. The second-order valence-electron chi connectivity index (χ2n) is 4.70. The number of carbonyl (C=O) groups is 2. The maximum atomic E-state index is 12.1. The number of hydrogen-bond donors (Lipinski definition) is 0. The second kappa shape index (κ2) is 10.2. The molecule has 22 heavy (non-hydrogen) atoms. The number of nitriles is 1. The summed E-state index contributed by atoms with van der Waals surface area (Å²) in [6, 6.07) is 11.5. The Kier molecular flexibility index (Phi) is 8.06. The van der Waals surface area contributed by atoms with Crippen molar-refractivity contribution in [3.8, 4) is 6.07 Å². The molecule has 1 amide bonds. The Hall–Kier alpha value is -2.61. The largest absolute Gasteiger partial charge is 0.449 e. The van der Waals surface area contributed by atoms with Gasteiger partial charge in [-0.25, -0.2) is 0 Å². The summed E-state index contributed by atoms with van der Waals surface area (Å²) >= 11 is 0. The number of allylic oxidation sites excluding steroid dienone is 1. The molecular weight excluding hydrogens is 280 g/mol. The van der Waals surface area contributed by atoms with Gasteiger partial charge < -0.3 is 9.64 Å². The van der Waals surface area contributed by atoms with E-state index in [1.165, 1.54) is 4.90 Å². The van der Waals surface area contributed by atoms with E-state index in [1.54, 1.807) is 12.1 Å². The van der Waals surface area contributed by atoms with Gasteiger partial charge >= 0.3 is 5.97 Å². The Bertz CT molecular complexity index is 535. The highest BCUT2D eigenvalue weighted by molar-refractivity contribution is 5.82. The highest BCUT2D eigenvalue weighted by Crippen LogP contribution is 2.05. The van der Waals surface area contributed by atoms with Crippen LogP contribution in [0.15, 0.2) is 43.0 Å². The van der Waals surface area contributed by atoms with Gasteiger partial charge in [-0.1, -0.05) is 36.4 Å². The molecule has 5 heteroatoms. The predicted molar refractivity (Wildman–Crippen MR) is 82.7 cm³/mol. The van der Waals surface area contributed by atoms with Crippen molar-refractivity contribution < 1.29 is 14.3 Å². The first kappa shape index (κ1) is 17.4. The van der Waals surface area contributed by atoms with Crippen LogP contribution in [0.1, 0.15) is 18.4 Å². The predicted octanol–water partition coefficient (Wildman–Crippen LogP) is 2.09. The fraction of sp³-hybridized carbons (Fsp3) is 0.353. The van der Waals surface area contributed by atoms with Gasteiger partial charge in [-0.05, 0) is 18.4 Å². The molecule has 0 aliphatic carbocycles. The van der Waals surface area contributed by atoms with Gasteiger partial charge in [-0.15, -0.1) is 6.58 Å². The van der Waals surface area contributed by atoms with Crippen molar-refractivity contribution in [3.63, 3.8) is 0 Å². The van der Waals surface area contributed by atoms with Crippen molar-refractivity contribution in [1.82, 2.24) is 4.90 Å². The van der Waals surface area contributed by atoms with Crippen LogP contribution in [0.3, 0.4) is 0 Å². The van der Waals surface area contributed by atoms with Gasteiger partial charge in [0.25, 0.3) is 0 Å². The molecule has 0 N–H and O–H groups in total. The molecule has 0 bridgehead atoms. The number of ether oxygens (including phenoxy) is 1. The minimum Gasteiger partial charge on any atom is -0.449 e. The molecule has 0 saturated heterocycles. The van der Waals surface area contributed by atoms with Crippen LogP contribution in [0, 0.1) is 11.3 Å². The molecule has 1 aromatic rings. The smallest absolute Gasteiger partial charge is 0.326 e. The Balaban J connectivity index is 2.60. The van der Waals surface area contributed by atoms with Crippen molar-refractivity contribution in [2.24, 2.45) is 0 Å². The fourth-order valence-corrected chi connectivity index (χ4v) is 1.90. The highest BCUT2D eigenvalue weighted by atomic mass is 16.5. The summed E-state index contributed by atoms with van der Waals surface area (Å²) in [5.41, 5.74) is 1.09. The zero-order valence-electron chi connectivity index (χ0n) is 12.5. The Morgan fingerprint density at radius 3 is 2.68 bits per heavy atom. The average molecular weight is 300 g/mol. The summed E-state index contributed by atoms with van der Waals surface area (Å²) in [7, 11) is 0. The van der Waals surface area contributed by atoms with Crippen molar-refractivity contribution in [2.75, 3.05) is 19.7 Å². The number of amides is 1. The molecule has 0 radical (unpaired) electrons. The van der Waals surface area contributed by atoms with Crippen molar-refractivity contribution in [3.05, 3.63) is 48.6 Å². The molecule has 0 spiro atoms. The van der Waals surface area contributed by atoms with Crippen LogP contribution in [-0.2, 0) is 20.7 Å². The van der Waals surface area contributed by atoms with Crippen molar-refractivity contribution in [1.29, 1.82) is 5.26 Å². The summed E-state index contributed by atoms with van der Waals surface area (Å²) in [5.74, 6) is -0.689. The lowest BCUT2D eigenvalue weighted by Gasteiger charge is -2.21. The summed E-state index contributed by atoms with van der Waals surface area (Å²) in [5, 5.41) is 8.41. The third-order valence-electron chi connectivity index (χ3n) is 3.05. The van der Waals surface area contributed by atoms with E-state index in [4.69, 9.17) is 10.00 Å². The molecule has 5 nitrogen and oxygen atoms in total.